The summed E-state index contributed by atoms with van der Waals surface area (Å²) in [7, 11) is 0. The van der Waals surface area contributed by atoms with Gasteiger partial charge in [-0.1, -0.05) is 152 Å². The van der Waals surface area contributed by atoms with Crippen molar-refractivity contribution in [3.63, 3.8) is 0 Å². The first-order valence-electron chi connectivity index (χ1n) is 19.2. The van der Waals surface area contributed by atoms with Gasteiger partial charge in [-0.2, -0.15) is 9.97 Å². The largest absolute Gasteiger partial charge is 0.309 e. The zero-order valence-corrected chi connectivity index (χ0v) is 30.7. The van der Waals surface area contributed by atoms with Gasteiger partial charge in [0.1, 0.15) is 0 Å². The topological polar surface area (TPSA) is 53.5 Å². The molecule has 0 amide bonds. The van der Waals surface area contributed by atoms with Gasteiger partial charge in [-0.25, -0.2) is 4.98 Å². The fourth-order valence-electron chi connectivity index (χ4n) is 8.92. The van der Waals surface area contributed by atoms with E-state index in [1.54, 1.807) is 0 Å². The zero-order chi connectivity index (χ0) is 37.5. The van der Waals surface area contributed by atoms with Crippen LogP contribution in [0.4, 0.5) is 0 Å². The minimum Gasteiger partial charge on any atom is -0.309 e. The Kier molecular flexibility index (Phi) is 6.83. The van der Waals surface area contributed by atoms with Crippen molar-refractivity contribution in [1.29, 1.82) is 0 Å². The smallest absolute Gasteiger partial charge is 0.238 e. The third-order valence-electron chi connectivity index (χ3n) is 11.3. The second-order valence-electron chi connectivity index (χ2n) is 14.4. The van der Waals surface area contributed by atoms with Crippen molar-refractivity contribution in [3.8, 4) is 40.1 Å². The Morgan fingerprint density at radius 3 is 1.18 bits per heavy atom. The first-order valence-corrected chi connectivity index (χ1v) is 19.2. The Balaban J connectivity index is 1.27. The molecule has 0 saturated heterocycles. The molecule has 6 heteroatoms. The van der Waals surface area contributed by atoms with E-state index in [4.69, 9.17) is 15.0 Å². The number of aromatic nitrogens is 6. The molecule has 0 aliphatic rings. The Morgan fingerprint density at radius 2 is 0.667 bits per heavy atom. The molecular weight excluding hydrogens is 697 g/mol. The normalized spacial score (nSPS) is 11.9. The molecule has 6 nitrogen and oxygen atoms in total. The number of rotatable bonds is 5. The maximum absolute atomic E-state index is 5.34. The van der Waals surface area contributed by atoms with Gasteiger partial charge in [0.05, 0.1) is 44.5 Å². The third kappa shape index (κ3) is 4.68. The summed E-state index contributed by atoms with van der Waals surface area (Å²) in [5, 5.41) is 7.07. The predicted octanol–water partition coefficient (Wildman–Crippen LogP) is 12.5. The summed E-state index contributed by atoms with van der Waals surface area (Å²) >= 11 is 0. The summed E-state index contributed by atoms with van der Waals surface area (Å²) in [6.07, 6.45) is 0. The van der Waals surface area contributed by atoms with Crippen LogP contribution in [0.15, 0.2) is 194 Å². The van der Waals surface area contributed by atoms with E-state index >= 15 is 0 Å². The fourth-order valence-corrected chi connectivity index (χ4v) is 8.92. The maximum atomic E-state index is 5.34. The average molecular weight is 729 g/mol. The van der Waals surface area contributed by atoms with Gasteiger partial charge >= 0.3 is 0 Å². The molecule has 12 aromatic rings. The molecule has 0 aliphatic heterocycles. The van der Waals surface area contributed by atoms with Gasteiger partial charge in [-0.15, -0.1) is 0 Å². The lowest BCUT2D eigenvalue weighted by Crippen LogP contribution is -2.08. The zero-order valence-electron chi connectivity index (χ0n) is 30.7. The monoisotopic (exact) mass is 728 g/mol. The molecule has 4 heterocycles. The molecule has 0 fully saturated rings. The molecule has 57 heavy (non-hydrogen) atoms. The van der Waals surface area contributed by atoms with E-state index in [2.05, 4.69) is 171 Å². The summed E-state index contributed by atoms with van der Waals surface area (Å²) in [6, 6.07) is 68.4. The van der Waals surface area contributed by atoms with Gasteiger partial charge in [0.2, 0.25) is 5.95 Å². The van der Waals surface area contributed by atoms with Crippen LogP contribution in [0.5, 0.6) is 0 Å². The molecule has 4 aromatic heterocycles. The van der Waals surface area contributed by atoms with E-state index in [1.165, 1.54) is 21.5 Å². The molecule has 0 N–H and O–H groups in total. The number of fused-ring (bicyclic) bond motifs is 9. The van der Waals surface area contributed by atoms with Gasteiger partial charge in [0.25, 0.3) is 0 Å². The van der Waals surface area contributed by atoms with Crippen molar-refractivity contribution in [1.82, 2.24) is 28.7 Å². The molecule has 0 aliphatic carbocycles. The van der Waals surface area contributed by atoms with Crippen LogP contribution in [0.2, 0.25) is 0 Å². The first kappa shape index (κ1) is 31.5. The Labute approximate surface area is 327 Å². The van der Waals surface area contributed by atoms with Crippen LogP contribution < -0.4 is 0 Å². The maximum Gasteiger partial charge on any atom is 0.238 e. The van der Waals surface area contributed by atoms with Gasteiger partial charge in [-0.3, -0.25) is 4.57 Å². The SMILES string of the molecule is c1ccc(-c2nc(-c3ccccc3)nc(-n3c4cccc(-n5c6ccccc6c6ccccc65)c4c4cccc(-n5c6ccccc6c6ccccc65)c43)n2)cc1. The molecule has 0 spiro atoms. The quantitative estimate of drug-likeness (QED) is 0.177. The van der Waals surface area contributed by atoms with Crippen molar-refractivity contribution in [2.45, 2.75) is 0 Å². The van der Waals surface area contributed by atoms with E-state index in [9.17, 15) is 0 Å². The lowest BCUT2D eigenvalue weighted by molar-refractivity contribution is 0.949. The second-order valence-corrected chi connectivity index (χ2v) is 14.4. The standard InChI is InChI=1S/C51H32N6/c1-3-17-33(18-4-1)49-52-50(34-19-5-2-6-20-34)54-51(53-49)57-45-31-16-30-44(55-40-26-11-7-21-35(40)36-22-8-12-27-41(36)55)47(45)39-25-15-32-46(48(39)57)56-42-28-13-9-23-37(42)38-24-10-14-29-43(38)56/h1-32H. The molecule has 8 aromatic carbocycles. The first-order chi connectivity index (χ1) is 28.3. The number of hydrogen-bond acceptors (Lipinski definition) is 3. The Bertz CT molecular complexity index is 3360. The summed E-state index contributed by atoms with van der Waals surface area (Å²) in [5.41, 5.74) is 10.6. The minimum absolute atomic E-state index is 0.551. The van der Waals surface area contributed by atoms with Crippen LogP contribution in [-0.2, 0) is 0 Å². The van der Waals surface area contributed by atoms with Gasteiger partial charge in [0.15, 0.2) is 11.6 Å². The highest BCUT2D eigenvalue weighted by molar-refractivity contribution is 6.19. The molecule has 0 saturated carbocycles. The molecular formula is C51H32N6. The van der Waals surface area contributed by atoms with Crippen molar-refractivity contribution in [3.05, 3.63) is 194 Å². The van der Waals surface area contributed by atoms with E-state index in [0.29, 0.717) is 17.6 Å². The van der Waals surface area contributed by atoms with Crippen LogP contribution >= 0.6 is 0 Å². The summed E-state index contributed by atoms with van der Waals surface area (Å²) in [4.78, 5) is 15.8. The molecule has 0 bridgehead atoms. The van der Waals surface area contributed by atoms with E-state index in [1.807, 2.05) is 36.4 Å². The predicted molar refractivity (Wildman–Crippen MR) is 234 cm³/mol. The molecule has 266 valence electrons. The molecule has 12 rings (SSSR count). The fraction of sp³-hybridized carbons (Fsp3) is 0. The lowest BCUT2D eigenvalue weighted by Gasteiger charge is -2.14. The summed E-state index contributed by atoms with van der Waals surface area (Å²) in [5.74, 6) is 1.78. The lowest BCUT2D eigenvalue weighted by atomic mass is 10.1. The number of benzene rings is 8. The average Bonchev–Trinajstić information content (AvgIpc) is 3.93. The third-order valence-corrected chi connectivity index (χ3v) is 11.3. The number of nitrogens with zero attached hydrogens (tertiary/aromatic N) is 6. The molecule has 0 radical (unpaired) electrons. The highest BCUT2D eigenvalue weighted by Gasteiger charge is 2.25. The molecule has 0 unspecified atom stereocenters. The van der Waals surface area contributed by atoms with E-state index < -0.39 is 0 Å². The van der Waals surface area contributed by atoms with Crippen molar-refractivity contribution in [2.24, 2.45) is 0 Å². The minimum atomic E-state index is 0.551. The van der Waals surface area contributed by atoms with Crippen molar-refractivity contribution >= 4 is 65.4 Å². The van der Waals surface area contributed by atoms with E-state index in [-0.39, 0.29) is 0 Å². The highest BCUT2D eigenvalue weighted by Crippen LogP contribution is 2.43. The molecule has 0 atom stereocenters. The Hall–Kier alpha value is -7.83. The van der Waals surface area contributed by atoms with Gasteiger partial charge in [0, 0.05) is 43.4 Å². The van der Waals surface area contributed by atoms with Gasteiger partial charge < -0.3 is 9.13 Å². The van der Waals surface area contributed by atoms with E-state index in [0.717, 1.165) is 66.4 Å². The van der Waals surface area contributed by atoms with Crippen LogP contribution in [0.1, 0.15) is 0 Å². The summed E-state index contributed by atoms with van der Waals surface area (Å²) < 4.78 is 7.09. The van der Waals surface area contributed by atoms with Crippen molar-refractivity contribution in [2.75, 3.05) is 0 Å². The van der Waals surface area contributed by atoms with Crippen LogP contribution in [-0.4, -0.2) is 28.7 Å². The Morgan fingerprint density at radius 1 is 0.281 bits per heavy atom. The van der Waals surface area contributed by atoms with Gasteiger partial charge in [-0.05, 0) is 42.5 Å². The van der Waals surface area contributed by atoms with Crippen LogP contribution in [0, 0.1) is 0 Å². The highest BCUT2D eigenvalue weighted by atomic mass is 15.2. The second kappa shape index (κ2) is 12.3. The van der Waals surface area contributed by atoms with Crippen LogP contribution in [0.25, 0.3) is 106 Å². The van der Waals surface area contributed by atoms with Crippen molar-refractivity contribution < 1.29 is 0 Å². The number of para-hydroxylation sites is 5. The summed E-state index contributed by atoms with van der Waals surface area (Å²) in [6.45, 7) is 0. The number of hydrogen-bond donors (Lipinski definition) is 0. The van der Waals surface area contributed by atoms with Crippen LogP contribution in [0.3, 0.4) is 0 Å².